The van der Waals surface area contributed by atoms with E-state index >= 15 is 0 Å². The SMILES string of the molecule is O[C@@H](CNc1cc(Cl)nn2c(I)cnc12)C(F)(F)F. The van der Waals surface area contributed by atoms with Crippen LogP contribution >= 0.6 is 34.2 Å². The Bertz CT molecular complexity index is 603. The zero-order valence-corrected chi connectivity index (χ0v) is 12.0. The van der Waals surface area contributed by atoms with Gasteiger partial charge < -0.3 is 10.4 Å². The summed E-state index contributed by atoms with van der Waals surface area (Å²) in [6, 6.07) is 1.35. The fourth-order valence-corrected chi connectivity index (χ4v) is 2.02. The lowest BCUT2D eigenvalue weighted by atomic mass is 10.3. The van der Waals surface area contributed by atoms with Crippen molar-refractivity contribution in [2.75, 3.05) is 11.9 Å². The molecule has 0 saturated carbocycles. The summed E-state index contributed by atoms with van der Waals surface area (Å²) >= 11 is 7.73. The Balaban J connectivity index is 2.26. The van der Waals surface area contributed by atoms with Crippen LogP contribution in [-0.4, -0.2) is 38.5 Å². The third-order valence-electron chi connectivity index (χ3n) is 2.26. The second-order valence-electron chi connectivity index (χ2n) is 3.64. The molecule has 0 aliphatic rings. The van der Waals surface area contributed by atoms with Crippen LogP contribution < -0.4 is 5.32 Å². The number of anilines is 1. The molecule has 0 amide bonds. The number of aliphatic hydroxyl groups is 1. The quantitative estimate of drug-likeness (QED) is 0.768. The Morgan fingerprint density at radius 2 is 2.21 bits per heavy atom. The van der Waals surface area contributed by atoms with Crippen molar-refractivity contribution in [3.05, 3.63) is 21.1 Å². The molecule has 0 bridgehead atoms. The van der Waals surface area contributed by atoms with E-state index in [-0.39, 0.29) is 10.8 Å². The van der Waals surface area contributed by atoms with E-state index in [0.29, 0.717) is 9.35 Å². The lowest BCUT2D eigenvalue weighted by molar-refractivity contribution is -0.198. The number of nitrogens with one attached hydrogen (secondary N) is 1. The van der Waals surface area contributed by atoms with E-state index in [1.54, 1.807) is 0 Å². The predicted octanol–water partition coefficient (Wildman–Crippen LogP) is 2.32. The molecule has 0 spiro atoms. The molecule has 1 atom stereocenters. The minimum Gasteiger partial charge on any atom is -0.382 e. The number of rotatable bonds is 3. The number of fused-ring (bicyclic) bond motifs is 1. The first kappa shape index (κ1) is 14.6. The number of halogens is 5. The number of hydrogen-bond donors (Lipinski definition) is 2. The van der Waals surface area contributed by atoms with E-state index in [9.17, 15) is 13.2 Å². The van der Waals surface area contributed by atoms with Gasteiger partial charge in [0.25, 0.3) is 0 Å². The Morgan fingerprint density at radius 1 is 1.53 bits per heavy atom. The van der Waals surface area contributed by atoms with Crippen LogP contribution in [0.5, 0.6) is 0 Å². The van der Waals surface area contributed by atoms with Gasteiger partial charge in [-0.3, -0.25) is 0 Å². The van der Waals surface area contributed by atoms with Crippen LogP contribution in [-0.2, 0) is 0 Å². The van der Waals surface area contributed by atoms with Crippen LogP contribution in [0, 0.1) is 3.70 Å². The van der Waals surface area contributed by atoms with Gasteiger partial charge in [-0.2, -0.15) is 18.3 Å². The summed E-state index contributed by atoms with van der Waals surface area (Å²) < 4.78 is 38.7. The first-order chi connectivity index (χ1) is 8.79. The summed E-state index contributed by atoms with van der Waals surface area (Å²) in [7, 11) is 0. The van der Waals surface area contributed by atoms with Crippen LogP contribution in [0.2, 0.25) is 5.15 Å². The highest BCUT2D eigenvalue weighted by atomic mass is 127. The number of aliphatic hydroxyl groups excluding tert-OH is 1. The summed E-state index contributed by atoms with van der Waals surface area (Å²) in [5.74, 6) is 0. The molecule has 2 rings (SSSR count). The lowest BCUT2D eigenvalue weighted by Gasteiger charge is -2.16. The molecular formula is C9H7ClF3IN4O. The van der Waals surface area contributed by atoms with Crippen molar-refractivity contribution < 1.29 is 18.3 Å². The third-order valence-corrected chi connectivity index (χ3v) is 3.18. The number of aromatic nitrogens is 3. The van der Waals surface area contributed by atoms with Gasteiger partial charge in [-0.05, 0) is 22.6 Å². The highest BCUT2D eigenvalue weighted by Crippen LogP contribution is 2.23. The van der Waals surface area contributed by atoms with Crippen molar-refractivity contribution in [2.24, 2.45) is 0 Å². The van der Waals surface area contributed by atoms with Gasteiger partial charge in [0.15, 0.2) is 16.9 Å². The summed E-state index contributed by atoms with van der Waals surface area (Å²) in [5.41, 5.74) is 0.606. The van der Waals surface area contributed by atoms with Gasteiger partial charge in [0, 0.05) is 12.6 Å². The van der Waals surface area contributed by atoms with Crippen molar-refractivity contribution in [1.82, 2.24) is 14.6 Å². The molecule has 2 N–H and O–H groups in total. The molecular weight excluding hydrogens is 399 g/mol. The van der Waals surface area contributed by atoms with Gasteiger partial charge in [-0.25, -0.2) is 9.50 Å². The maximum Gasteiger partial charge on any atom is 0.416 e. The second kappa shape index (κ2) is 5.29. The van der Waals surface area contributed by atoms with E-state index in [1.165, 1.54) is 16.8 Å². The number of hydrogen-bond acceptors (Lipinski definition) is 4. The molecule has 0 radical (unpaired) electrons. The largest absolute Gasteiger partial charge is 0.416 e. The first-order valence-corrected chi connectivity index (χ1v) is 6.43. The number of imidazole rings is 1. The molecule has 0 aliphatic carbocycles. The molecule has 104 valence electrons. The van der Waals surface area contributed by atoms with Gasteiger partial charge >= 0.3 is 6.18 Å². The summed E-state index contributed by atoms with van der Waals surface area (Å²) in [4.78, 5) is 4.01. The van der Waals surface area contributed by atoms with Crippen molar-refractivity contribution >= 4 is 45.5 Å². The maximum absolute atomic E-state index is 12.2. The summed E-state index contributed by atoms with van der Waals surface area (Å²) in [5, 5.41) is 15.5. The van der Waals surface area contributed by atoms with E-state index < -0.39 is 18.8 Å². The predicted molar refractivity (Wildman–Crippen MR) is 71.3 cm³/mol. The molecule has 0 aromatic carbocycles. The monoisotopic (exact) mass is 406 g/mol. The van der Waals surface area contributed by atoms with E-state index in [1.807, 2.05) is 22.6 Å². The topological polar surface area (TPSA) is 62.5 Å². The molecule has 19 heavy (non-hydrogen) atoms. The van der Waals surface area contributed by atoms with Crippen LogP contribution in [0.25, 0.3) is 5.65 Å². The molecule has 0 fully saturated rings. The molecule has 2 aromatic heterocycles. The van der Waals surface area contributed by atoms with Crippen molar-refractivity contribution in [3.63, 3.8) is 0 Å². The van der Waals surface area contributed by atoms with Crippen LogP contribution in [0.15, 0.2) is 12.3 Å². The highest BCUT2D eigenvalue weighted by molar-refractivity contribution is 14.1. The highest BCUT2D eigenvalue weighted by Gasteiger charge is 2.37. The minimum absolute atomic E-state index is 0.104. The van der Waals surface area contributed by atoms with Gasteiger partial charge in [-0.15, -0.1) is 0 Å². The van der Waals surface area contributed by atoms with Crippen LogP contribution in [0.3, 0.4) is 0 Å². The number of alkyl halides is 3. The van der Waals surface area contributed by atoms with Crippen molar-refractivity contribution in [1.29, 1.82) is 0 Å². The third kappa shape index (κ3) is 3.20. The zero-order chi connectivity index (χ0) is 14.2. The van der Waals surface area contributed by atoms with E-state index in [4.69, 9.17) is 16.7 Å². The minimum atomic E-state index is -4.68. The average molecular weight is 407 g/mol. The number of nitrogens with zero attached hydrogens (tertiary/aromatic N) is 3. The van der Waals surface area contributed by atoms with E-state index in [0.717, 1.165) is 0 Å². The fourth-order valence-electron chi connectivity index (χ4n) is 1.36. The molecule has 0 saturated heterocycles. The second-order valence-corrected chi connectivity index (χ2v) is 5.13. The van der Waals surface area contributed by atoms with Crippen molar-refractivity contribution in [3.8, 4) is 0 Å². The van der Waals surface area contributed by atoms with E-state index in [2.05, 4.69) is 15.4 Å². The zero-order valence-electron chi connectivity index (χ0n) is 9.12. The van der Waals surface area contributed by atoms with Gasteiger partial charge in [0.1, 0.15) is 3.70 Å². The van der Waals surface area contributed by atoms with Crippen LogP contribution in [0.1, 0.15) is 0 Å². The summed E-state index contributed by atoms with van der Waals surface area (Å²) in [6.45, 7) is -0.692. The van der Waals surface area contributed by atoms with Gasteiger partial charge in [0.05, 0.1) is 11.9 Å². The summed E-state index contributed by atoms with van der Waals surface area (Å²) in [6.07, 6.45) is -5.64. The smallest absolute Gasteiger partial charge is 0.382 e. The Morgan fingerprint density at radius 3 is 2.84 bits per heavy atom. The van der Waals surface area contributed by atoms with Crippen LogP contribution in [0.4, 0.5) is 18.9 Å². The molecule has 0 unspecified atom stereocenters. The molecule has 0 aliphatic heterocycles. The molecule has 2 heterocycles. The Kier molecular flexibility index (Phi) is 4.06. The molecule has 5 nitrogen and oxygen atoms in total. The fraction of sp³-hybridized carbons (Fsp3) is 0.333. The molecule has 2 aromatic rings. The standard InChI is InChI=1S/C9H7ClF3IN4O/c10-6-1-4(15-2-5(19)9(11,12)13)8-16-3-7(14)18(8)17-6/h1,3,5,15,19H,2H2/t5-/m0/s1. The normalized spacial score (nSPS) is 13.8. The maximum atomic E-state index is 12.2. The first-order valence-electron chi connectivity index (χ1n) is 4.97. The molecule has 10 heteroatoms. The van der Waals surface area contributed by atoms with Gasteiger partial charge in [0.2, 0.25) is 0 Å². The lowest BCUT2D eigenvalue weighted by Crippen LogP contribution is -2.35. The Labute approximate surface area is 123 Å². The van der Waals surface area contributed by atoms with Gasteiger partial charge in [-0.1, -0.05) is 11.6 Å². The van der Waals surface area contributed by atoms with Crippen molar-refractivity contribution in [2.45, 2.75) is 12.3 Å². The Hall–Kier alpha value is -0.810. The average Bonchev–Trinajstić information content (AvgIpc) is 2.66.